The number of nitrogens with zero attached hydrogens (tertiary/aromatic N) is 1. The summed E-state index contributed by atoms with van der Waals surface area (Å²) in [4.78, 5) is 4.17. The minimum absolute atomic E-state index is 1.20. The molecule has 1 nitrogen and oxygen atoms in total. The first-order chi connectivity index (χ1) is 10.9. The van der Waals surface area contributed by atoms with Gasteiger partial charge in [-0.2, -0.15) is 11.8 Å². The molecule has 0 spiro atoms. The molecule has 1 rings (SSSR count). The second-order valence-electron chi connectivity index (χ2n) is 6.26. The molecule has 1 aromatic heterocycles. The fourth-order valence-corrected chi connectivity index (χ4v) is 3.64. The van der Waals surface area contributed by atoms with E-state index in [1.54, 1.807) is 0 Å². The van der Waals surface area contributed by atoms with Gasteiger partial charge in [0.1, 0.15) is 0 Å². The van der Waals surface area contributed by atoms with E-state index in [1.165, 1.54) is 94.1 Å². The Balaban J connectivity index is 1.73. The van der Waals surface area contributed by atoms with E-state index in [0.29, 0.717) is 0 Å². The zero-order valence-corrected chi connectivity index (χ0v) is 15.4. The summed E-state index contributed by atoms with van der Waals surface area (Å²) in [5.74, 6) is 2.73. The van der Waals surface area contributed by atoms with Gasteiger partial charge < -0.3 is 0 Å². The lowest BCUT2D eigenvalue weighted by Gasteiger charge is -2.03. The predicted molar refractivity (Wildman–Crippen MR) is 102 cm³/mol. The van der Waals surface area contributed by atoms with Crippen LogP contribution in [-0.2, 0) is 6.42 Å². The average molecular weight is 322 g/mol. The summed E-state index contributed by atoms with van der Waals surface area (Å²) in [6.45, 7) is 2.27. The Labute approximate surface area is 142 Å². The van der Waals surface area contributed by atoms with Gasteiger partial charge >= 0.3 is 0 Å². The number of rotatable bonds is 15. The van der Waals surface area contributed by atoms with Crippen LogP contribution in [0.3, 0.4) is 0 Å². The first-order valence-electron chi connectivity index (χ1n) is 9.40. The standard InChI is InChI=1S/C20H35NS/c1-2-17-22-18-12-10-8-6-4-3-5-7-9-11-14-20-15-13-16-21-19-20/h13,15-16,19H,2-12,14,17-18H2,1H3. The predicted octanol–water partition coefficient (Wildman–Crippen LogP) is 6.67. The van der Waals surface area contributed by atoms with Crippen molar-refractivity contribution in [3.63, 3.8) is 0 Å². The summed E-state index contributed by atoms with van der Waals surface area (Å²) >= 11 is 2.13. The lowest BCUT2D eigenvalue weighted by atomic mass is 10.0. The van der Waals surface area contributed by atoms with Crippen molar-refractivity contribution in [2.24, 2.45) is 0 Å². The second kappa shape index (κ2) is 15.4. The third kappa shape index (κ3) is 12.1. The van der Waals surface area contributed by atoms with E-state index in [9.17, 15) is 0 Å². The molecule has 0 radical (unpaired) electrons. The Morgan fingerprint density at radius 3 is 2.05 bits per heavy atom. The van der Waals surface area contributed by atoms with Gasteiger partial charge in [0.2, 0.25) is 0 Å². The highest BCUT2D eigenvalue weighted by molar-refractivity contribution is 7.99. The summed E-state index contributed by atoms with van der Waals surface area (Å²) in [6, 6.07) is 4.23. The van der Waals surface area contributed by atoms with Gasteiger partial charge in [0, 0.05) is 12.4 Å². The average Bonchev–Trinajstić information content (AvgIpc) is 2.56. The largest absolute Gasteiger partial charge is 0.264 e. The van der Waals surface area contributed by atoms with Gasteiger partial charge in [0.25, 0.3) is 0 Å². The molecule has 0 fully saturated rings. The SMILES string of the molecule is CCCSCCCCCCCCCCCCc1cccnc1. The lowest BCUT2D eigenvalue weighted by molar-refractivity contribution is 0.557. The van der Waals surface area contributed by atoms with Gasteiger partial charge in [-0.1, -0.05) is 64.4 Å². The molecule has 0 aromatic carbocycles. The molecule has 0 saturated carbocycles. The molecule has 126 valence electrons. The molecule has 0 N–H and O–H groups in total. The molecule has 0 saturated heterocycles. The highest BCUT2D eigenvalue weighted by atomic mass is 32.2. The maximum atomic E-state index is 4.17. The van der Waals surface area contributed by atoms with Gasteiger partial charge in [0.05, 0.1) is 0 Å². The molecule has 0 aliphatic rings. The van der Waals surface area contributed by atoms with Crippen molar-refractivity contribution >= 4 is 11.8 Å². The van der Waals surface area contributed by atoms with Gasteiger partial charge in [-0.3, -0.25) is 4.98 Å². The number of aromatic nitrogens is 1. The number of unbranched alkanes of at least 4 members (excludes halogenated alkanes) is 9. The van der Waals surface area contributed by atoms with Crippen LogP contribution in [0.4, 0.5) is 0 Å². The third-order valence-corrected chi connectivity index (χ3v) is 5.35. The summed E-state index contributed by atoms with van der Waals surface area (Å²) < 4.78 is 0. The molecular weight excluding hydrogens is 286 g/mol. The van der Waals surface area contributed by atoms with Crippen molar-refractivity contribution in [3.8, 4) is 0 Å². The van der Waals surface area contributed by atoms with Crippen LogP contribution in [-0.4, -0.2) is 16.5 Å². The van der Waals surface area contributed by atoms with Crippen molar-refractivity contribution in [3.05, 3.63) is 30.1 Å². The molecule has 22 heavy (non-hydrogen) atoms. The number of hydrogen-bond acceptors (Lipinski definition) is 2. The fourth-order valence-electron chi connectivity index (χ4n) is 2.74. The first-order valence-corrected chi connectivity index (χ1v) is 10.6. The molecule has 0 amide bonds. The van der Waals surface area contributed by atoms with Gasteiger partial charge in [-0.05, 0) is 48.8 Å². The van der Waals surface area contributed by atoms with Crippen molar-refractivity contribution in [1.82, 2.24) is 4.98 Å². The van der Waals surface area contributed by atoms with Crippen LogP contribution in [0.5, 0.6) is 0 Å². The molecule has 1 aromatic rings. The van der Waals surface area contributed by atoms with E-state index in [2.05, 4.69) is 29.7 Å². The van der Waals surface area contributed by atoms with Crippen LogP contribution in [0.2, 0.25) is 0 Å². The molecular formula is C20H35NS. The summed E-state index contributed by atoms with van der Waals surface area (Å²) in [5.41, 5.74) is 1.39. The molecule has 0 unspecified atom stereocenters. The van der Waals surface area contributed by atoms with Crippen molar-refractivity contribution < 1.29 is 0 Å². The van der Waals surface area contributed by atoms with E-state index < -0.39 is 0 Å². The first kappa shape index (κ1) is 19.5. The number of aryl methyl sites for hydroxylation is 1. The summed E-state index contributed by atoms with van der Waals surface area (Å²) in [6.07, 6.45) is 20.6. The molecule has 2 heteroatoms. The monoisotopic (exact) mass is 321 g/mol. The van der Waals surface area contributed by atoms with Crippen molar-refractivity contribution in [2.45, 2.75) is 84.0 Å². The number of hydrogen-bond donors (Lipinski definition) is 0. The third-order valence-electron chi connectivity index (χ3n) is 4.08. The molecule has 0 aliphatic heterocycles. The zero-order valence-electron chi connectivity index (χ0n) is 14.6. The normalized spacial score (nSPS) is 11.0. The van der Waals surface area contributed by atoms with Gasteiger partial charge in [-0.15, -0.1) is 0 Å². The molecule has 1 heterocycles. The van der Waals surface area contributed by atoms with Crippen LogP contribution in [0.25, 0.3) is 0 Å². The smallest absolute Gasteiger partial charge is 0.0299 e. The Morgan fingerprint density at radius 1 is 0.818 bits per heavy atom. The quantitative estimate of drug-likeness (QED) is 0.335. The highest BCUT2D eigenvalue weighted by Gasteiger charge is 1.95. The highest BCUT2D eigenvalue weighted by Crippen LogP contribution is 2.13. The summed E-state index contributed by atoms with van der Waals surface area (Å²) in [5, 5.41) is 0. The van der Waals surface area contributed by atoms with Crippen molar-refractivity contribution in [1.29, 1.82) is 0 Å². The van der Waals surface area contributed by atoms with Crippen molar-refractivity contribution in [2.75, 3.05) is 11.5 Å². The Morgan fingerprint density at radius 2 is 1.45 bits per heavy atom. The van der Waals surface area contributed by atoms with E-state index >= 15 is 0 Å². The Kier molecular flexibility index (Phi) is 13.7. The zero-order chi connectivity index (χ0) is 15.7. The van der Waals surface area contributed by atoms with Crippen LogP contribution in [0.15, 0.2) is 24.5 Å². The van der Waals surface area contributed by atoms with Crippen LogP contribution in [0, 0.1) is 0 Å². The van der Waals surface area contributed by atoms with E-state index in [4.69, 9.17) is 0 Å². The van der Waals surface area contributed by atoms with Crippen LogP contribution < -0.4 is 0 Å². The maximum absolute atomic E-state index is 4.17. The van der Waals surface area contributed by atoms with Crippen LogP contribution in [0.1, 0.15) is 83.1 Å². The van der Waals surface area contributed by atoms with E-state index in [-0.39, 0.29) is 0 Å². The minimum Gasteiger partial charge on any atom is -0.264 e. The Bertz CT molecular complexity index is 326. The molecule has 0 atom stereocenters. The maximum Gasteiger partial charge on any atom is 0.0299 e. The lowest BCUT2D eigenvalue weighted by Crippen LogP contribution is -1.87. The molecule has 0 bridgehead atoms. The van der Waals surface area contributed by atoms with Gasteiger partial charge in [-0.25, -0.2) is 0 Å². The Hall–Kier alpha value is -0.500. The van der Waals surface area contributed by atoms with Crippen LogP contribution >= 0.6 is 11.8 Å². The molecule has 0 aliphatic carbocycles. The van der Waals surface area contributed by atoms with Gasteiger partial charge in [0.15, 0.2) is 0 Å². The number of thioether (sulfide) groups is 1. The second-order valence-corrected chi connectivity index (χ2v) is 7.48. The topological polar surface area (TPSA) is 12.9 Å². The number of pyridine rings is 1. The fraction of sp³-hybridized carbons (Fsp3) is 0.750. The summed E-state index contributed by atoms with van der Waals surface area (Å²) in [7, 11) is 0. The van der Waals surface area contributed by atoms with E-state index in [1.807, 2.05) is 18.5 Å². The van der Waals surface area contributed by atoms with E-state index in [0.717, 1.165) is 0 Å². The minimum atomic E-state index is 1.20.